The first-order chi connectivity index (χ1) is 15.0. The monoisotopic (exact) mass is 425 g/mol. The molecule has 1 unspecified atom stereocenters. The number of para-hydroxylation sites is 1. The summed E-state index contributed by atoms with van der Waals surface area (Å²) in [6.45, 7) is 2.85. The first-order valence-corrected chi connectivity index (χ1v) is 9.96. The second kappa shape index (κ2) is 8.73. The van der Waals surface area contributed by atoms with Crippen LogP contribution in [-0.2, 0) is 4.74 Å². The Labute approximate surface area is 179 Å². The van der Waals surface area contributed by atoms with Gasteiger partial charge in [0.1, 0.15) is 5.82 Å². The van der Waals surface area contributed by atoms with E-state index in [9.17, 15) is 9.18 Å². The fourth-order valence-corrected chi connectivity index (χ4v) is 3.84. The zero-order chi connectivity index (χ0) is 22.0. The van der Waals surface area contributed by atoms with Crippen LogP contribution in [0.3, 0.4) is 0 Å². The Hall–Kier alpha value is -3.46. The number of amides is 1. The number of fused-ring (bicyclic) bond motifs is 1. The maximum atomic E-state index is 14.3. The molecule has 1 atom stereocenters. The third-order valence-electron chi connectivity index (χ3n) is 5.31. The summed E-state index contributed by atoms with van der Waals surface area (Å²) in [5, 5.41) is 6.16. The van der Waals surface area contributed by atoms with Crippen molar-refractivity contribution in [2.24, 2.45) is 0 Å². The Kier molecular flexibility index (Phi) is 5.85. The quantitative estimate of drug-likeness (QED) is 0.535. The zero-order valence-corrected chi connectivity index (χ0v) is 17.6. The zero-order valence-electron chi connectivity index (χ0n) is 17.6. The van der Waals surface area contributed by atoms with E-state index in [0.717, 1.165) is 12.1 Å². The highest BCUT2D eigenvalue weighted by Gasteiger charge is 2.33. The second-order valence-corrected chi connectivity index (χ2v) is 7.29. The molecule has 0 spiro atoms. The topological polar surface area (TPSA) is 101 Å². The lowest BCUT2D eigenvalue weighted by Crippen LogP contribution is -2.35. The maximum Gasteiger partial charge on any atom is 0.255 e. The number of aryl methyl sites for hydroxylation is 1. The first kappa shape index (κ1) is 20.8. The number of ether oxygens (including phenoxy) is 2. The number of benzene rings is 1. The van der Waals surface area contributed by atoms with Crippen molar-refractivity contribution in [2.45, 2.75) is 19.3 Å². The number of aromatic amines is 1. The number of nitrogens with zero attached hydrogens (tertiary/aromatic N) is 2. The molecule has 4 rings (SSSR count). The minimum atomic E-state index is -0.501. The van der Waals surface area contributed by atoms with Gasteiger partial charge in [0.25, 0.3) is 5.91 Å². The van der Waals surface area contributed by atoms with Gasteiger partial charge in [-0.3, -0.25) is 4.79 Å². The van der Waals surface area contributed by atoms with Crippen molar-refractivity contribution >= 4 is 17.3 Å². The Morgan fingerprint density at radius 3 is 2.87 bits per heavy atom. The predicted octanol–water partition coefficient (Wildman–Crippen LogP) is 3.53. The summed E-state index contributed by atoms with van der Waals surface area (Å²) in [6.07, 6.45) is 2.39. The molecule has 0 saturated carbocycles. The van der Waals surface area contributed by atoms with E-state index >= 15 is 0 Å². The molecule has 3 heterocycles. The van der Waals surface area contributed by atoms with Crippen LogP contribution in [0.2, 0.25) is 0 Å². The number of hydrogen-bond donors (Lipinski definition) is 3. The molecule has 8 nitrogen and oxygen atoms in total. The van der Waals surface area contributed by atoms with Crippen LogP contribution in [0.15, 0.2) is 30.5 Å². The van der Waals surface area contributed by atoms with E-state index in [1.165, 1.54) is 13.2 Å². The number of halogens is 1. The van der Waals surface area contributed by atoms with Gasteiger partial charge >= 0.3 is 0 Å². The van der Waals surface area contributed by atoms with Crippen LogP contribution in [-0.4, -0.2) is 48.2 Å². The number of anilines is 2. The van der Waals surface area contributed by atoms with Gasteiger partial charge in [-0.2, -0.15) is 0 Å². The second-order valence-electron chi connectivity index (χ2n) is 7.29. The van der Waals surface area contributed by atoms with E-state index in [-0.39, 0.29) is 17.6 Å². The molecule has 1 aliphatic heterocycles. The van der Waals surface area contributed by atoms with Crippen molar-refractivity contribution in [3.05, 3.63) is 53.4 Å². The van der Waals surface area contributed by atoms with Crippen LogP contribution in [0.1, 0.15) is 34.2 Å². The fraction of sp³-hybridized carbons (Fsp3) is 0.318. The van der Waals surface area contributed by atoms with Gasteiger partial charge in [-0.1, -0.05) is 6.07 Å². The summed E-state index contributed by atoms with van der Waals surface area (Å²) in [6, 6.07) is 6.35. The van der Waals surface area contributed by atoms with Crippen molar-refractivity contribution in [3.63, 3.8) is 0 Å². The molecule has 1 aromatic carbocycles. The summed E-state index contributed by atoms with van der Waals surface area (Å²) in [4.78, 5) is 25.0. The number of nitrogens with one attached hydrogen (secondary N) is 3. The number of methoxy groups -OCH3 is 2. The highest BCUT2D eigenvalue weighted by molar-refractivity contribution is 6.06. The molecule has 1 aliphatic rings. The largest absolute Gasteiger partial charge is 0.492 e. The van der Waals surface area contributed by atoms with Crippen molar-refractivity contribution in [2.75, 3.05) is 32.7 Å². The molecule has 0 bridgehead atoms. The standard InChI is InChI=1S/C22H24FN5O3/c1-12-24-9-7-15(26-12)19-20(27-16-6-4-5-14(23)21(16)31-3)17-18(28-19)13(8-10-30-2)11-25-22(17)29/h4-7,9,13,27-28H,8,10-11H2,1-3H3,(H,25,29). The fourth-order valence-electron chi connectivity index (χ4n) is 3.84. The molecule has 1 amide bonds. The molecular weight excluding hydrogens is 401 g/mol. The van der Waals surface area contributed by atoms with E-state index < -0.39 is 5.82 Å². The van der Waals surface area contributed by atoms with E-state index in [2.05, 4.69) is 25.6 Å². The van der Waals surface area contributed by atoms with Gasteiger partial charge in [-0.05, 0) is 31.5 Å². The summed E-state index contributed by atoms with van der Waals surface area (Å²) in [7, 11) is 3.05. The third kappa shape index (κ3) is 3.96. The lowest BCUT2D eigenvalue weighted by molar-refractivity contribution is 0.0935. The highest BCUT2D eigenvalue weighted by Crippen LogP contribution is 2.41. The van der Waals surface area contributed by atoms with Gasteiger partial charge in [0.05, 0.1) is 35.4 Å². The molecule has 9 heteroatoms. The highest BCUT2D eigenvalue weighted by atomic mass is 19.1. The Bertz CT molecular complexity index is 1110. The average molecular weight is 425 g/mol. The number of aromatic nitrogens is 3. The van der Waals surface area contributed by atoms with Gasteiger partial charge in [0, 0.05) is 38.1 Å². The molecule has 162 valence electrons. The summed E-state index contributed by atoms with van der Waals surface area (Å²) < 4.78 is 24.8. The summed E-state index contributed by atoms with van der Waals surface area (Å²) in [5.41, 5.74) is 3.44. The van der Waals surface area contributed by atoms with E-state index in [4.69, 9.17) is 9.47 Å². The van der Waals surface area contributed by atoms with Gasteiger partial charge in [0.2, 0.25) is 0 Å². The molecule has 3 N–H and O–H groups in total. The number of carbonyl (C=O) groups is 1. The summed E-state index contributed by atoms with van der Waals surface area (Å²) in [5.74, 6) is -0.0120. The van der Waals surface area contributed by atoms with Crippen molar-refractivity contribution in [1.82, 2.24) is 20.3 Å². The Morgan fingerprint density at radius 1 is 1.29 bits per heavy atom. The van der Waals surface area contributed by atoms with Gasteiger partial charge in [0.15, 0.2) is 11.6 Å². The molecule has 31 heavy (non-hydrogen) atoms. The molecule has 0 fully saturated rings. The Balaban J connectivity index is 1.89. The van der Waals surface area contributed by atoms with Crippen LogP contribution in [0, 0.1) is 12.7 Å². The maximum absolute atomic E-state index is 14.3. The third-order valence-corrected chi connectivity index (χ3v) is 5.31. The summed E-state index contributed by atoms with van der Waals surface area (Å²) >= 11 is 0. The van der Waals surface area contributed by atoms with E-state index in [1.54, 1.807) is 38.4 Å². The first-order valence-electron chi connectivity index (χ1n) is 9.96. The van der Waals surface area contributed by atoms with Gasteiger partial charge < -0.3 is 25.1 Å². The van der Waals surface area contributed by atoms with Crippen molar-refractivity contribution in [3.8, 4) is 17.1 Å². The van der Waals surface area contributed by atoms with Crippen LogP contribution in [0.4, 0.5) is 15.8 Å². The molecule has 0 radical (unpaired) electrons. The van der Waals surface area contributed by atoms with Crippen LogP contribution in [0.5, 0.6) is 5.75 Å². The van der Waals surface area contributed by atoms with Crippen LogP contribution >= 0.6 is 0 Å². The predicted molar refractivity (Wildman–Crippen MR) is 114 cm³/mol. The van der Waals surface area contributed by atoms with Crippen LogP contribution in [0.25, 0.3) is 11.4 Å². The molecular formula is C22H24FN5O3. The molecule has 0 saturated heterocycles. The van der Waals surface area contributed by atoms with E-state index in [1.807, 2.05) is 0 Å². The normalized spacial score (nSPS) is 15.4. The number of carbonyl (C=O) groups excluding carboxylic acids is 1. The number of hydrogen-bond acceptors (Lipinski definition) is 6. The molecule has 3 aromatic rings. The minimum absolute atomic E-state index is 0.0410. The van der Waals surface area contributed by atoms with Gasteiger partial charge in [-0.15, -0.1) is 0 Å². The van der Waals surface area contributed by atoms with Crippen LogP contribution < -0.4 is 15.4 Å². The van der Waals surface area contributed by atoms with Crippen molar-refractivity contribution < 1.29 is 18.7 Å². The lowest BCUT2D eigenvalue weighted by atomic mass is 9.94. The minimum Gasteiger partial charge on any atom is -0.492 e. The SMILES string of the molecule is COCCC1CNC(=O)c2c1[nH]c(-c1ccnc(C)n1)c2Nc1cccc(F)c1OC. The Morgan fingerprint density at radius 2 is 2.13 bits per heavy atom. The average Bonchev–Trinajstić information content (AvgIpc) is 3.14. The number of H-pyrrole nitrogens is 1. The lowest BCUT2D eigenvalue weighted by Gasteiger charge is -2.23. The van der Waals surface area contributed by atoms with Gasteiger partial charge in [-0.25, -0.2) is 14.4 Å². The van der Waals surface area contributed by atoms with E-state index in [0.29, 0.717) is 47.3 Å². The number of rotatable bonds is 7. The molecule has 2 aromatic heterocycles. The molecule has 0 aliphatic carbocycles. The smallest absolute Gasteiger partial charge is 0.255 e. The van der Waals surface area contributed by atoms with Crippen molar-refractivity contribution in [1.29, 1.82) is 0 Å².